The Morgan fingerprint density at radius 2 is 2.05 bits per heavy atom. The topological polar surface area (TPSA) is 24.9 Å². The number of aromatic nitrogens is 1. The minimum Gasteiger partial charge on any atom is -0.314 e. The number of benzene rings is 1. The Kier molecular flexibility index (Phi) is 4.99. The molecule has 2 aromatic rings. The molecule has 0 aliphatic carbocycles. The van der Waals surface area contributed by atoms with E-state index in [-0.39, 0.29) is 12.5 Å². The quantitative estimate of drug-likeness (QED) is 0.866. The van der Waals surface area contributed by atoms with Crippen LogP contribution >= 0.6 is 11.3 Å². The van der Waals surface area contributed by atoms with Crippen LogP contribution in [0, 0.1) is 0 Å². The number of rotatable bonds is 6. The van der Waals surface area contributed by atoms with Gasteiger partial charge < -0.3 is 5.32 Å². The van der Waals surface area contributed by atoms with Crippen LogP contribution in [0.5, 0.6) is 0 Å². The summed E-state index contributed by atoms with van der Waals surface area (Å²) in [4.78, 5) is 4.48. The fourth-order valence-electron chi connectivity index (χ4n) is 2.12. The van der Waals surface area contributed by atoms with Crippen LogP contribution in [0.25, 0.3) is 10.2 Å². The van der Waals surface area contributed by atoms with Crippen LogP contribution in [0.1, 0.15) is 24.8 Å². The largest absolute Gasteiger partial charge is 0.389 e. The van der Waals surface area contributed by atoms with E-state index in [9.17, 15) is 13.2 Å². The zero-order valence-corrected chi connectivity index (χ0v) is 12.0. The number of hydrogen-bond donors (Lipinski definition) is 1. The Bertz CT molecular complexity index is 518. The van der Waals surface area contributed by atoms with Crippen molar-refractivity contribution in [2.45, 2.75) is 38.4 Å². The molecular formula is C14H17F3N2S. The monoisotopic (exact) mass is 302 g/mol. The van der Waals surface area contributed by atoms with Crippen LogP contribution in [0.15, 0.2) is 24.3 Å². The lowest BCUT2D eigenvalue weighted by Gasteiger charge is -2.17. The molecular weight excluding hydrogens is 285 g/mol. The van der Waals surface area contributed by atoms with E-state index in [4.69, 9.17) is 0 Å². The van der Waals surface area contributed by atoms with Crippen molar-refractivity contribution in [2.24, 2.45) is 0 Å². The normalized spacial score (nSPS) is 13.8. The van der Waals surface area contributed by atoms with Gasteiger partial charge in [-0.3, -0.25) is 0 Å². The van der Waals surface area contributed by atoms with Crippen molar-refractivity contribution in [3.05, 3.63) is 29.3 Å². The molecule has 1 N–H and O–H groups in total. The highest BCUT2D eigenvalue weighted by atomic mass is 32.1. The summed E-state index contributed by atoms with van der Waals surface area (Å²) in [6, 6.07) is 7.58. The van der Waals surface area contributed by atoms with Crippen molar-refractivity contribution in [3.63, 3.8) is 0 Å². The predicted molar refractivity (Wildman–Crippen MR) is 76.1 cm³/mol. The minimum atomic E-state index is -4.10. The zero-order valence-electron chi connectivity index (χ0n) is 11.2. The average Bonchev–Trinajstić information content (AvgIpc) is 2.77. The number of para-hydroxylation sites is 1. The van der Waals surface area contributed by atoms with Gasteiger partial charge in [0.15, 0.2) is 0 Å². The van der Waals surface area contributed by atoms with Gasteiger partial charge in [0, 0.05) is 18.9 Å². The van der Waals surface area contributed by atoms with Crippen molar-refractivity contribution < 1.29 is 13.2 Å². The average molecular weight is 302 g/mol. The maximum Gasteiger partial charge on any atom is 0.389 e. The summed E-state index contributed by atoms with van der Waals surface area (Å²) in [6.45, 7) is 2.56. The zero-order chi connectivity index (χ0) is 14.6. The smallest absolute Gasteiger partial charge is 0.314 e. The summed E-state index contributed by atoms with van der Waals surface area (Å²) in [5.41, 5.74) is 0.915. The second-order valence-electron chi connectivity index (χ2n) is 4.69. The van der Waals surface area contributed by atoms with E-state index in [2.05, 4.69) is 10.3 Å². The molecule has 0 saturated carbocycles. The molecule has 2 nitrogen and oxygen atoms in total. The molecule has 1 heterocycles. The summed E-state index contributed by atoms with van der Waals surface area (Å²) in [6.07, 6.45) is -4.21. The SMILES string of the molecule is CCNC(CCC(F)(F)F)Cc1nc2ccccc2s1. The summed E-state index contributed by atoms with van der Waals surface area (Å²) >= 11 is 1.55. The number of fused-ring (bicyclic) bond motifs is 1. The highest BCUT2D eigenvalue weighted by Crippen LogP contribution is 2.26. The Hall–Kier alpha value is -1.14. The van der Waals surface area contributed by atoms with Crippen molar-refractivity contribution in [2.75, 3.05) is 6.54 Å². The number of hydrogen-bond acceptors (Lipinski definition) is 3. The van der Waals surface area contributed by atoms with Crippen molar-refractivity contribution in [1.29, 1.82) is 0 Å². The standard InChI is InChI=1S/C14H17F3N2S/c1-2-18-10(7-8-14(15,16)17)9-13-19-11-5-3-4-6-12(11)20-13/h3-6,10,18H,2,7-9H2,1H3. The molecule has 1 aromatic carbocycles. The summed E-state index contributed by atoms with van der Waals surface area (Å²) in [7, 11) is 0. The van der Waals surface area contributed by atoms with E-state index in [0.29, 0.717) is 13.0 Å². The molecule has 0 bridgehead atoms. The van der Waals surface area contributed by atoms with E-state index in [1.807, 2.05) is 31.2 Å². The molecule has 2 rings (SSSR count). The fourth-order valence-corrected chi connectivity index (χ4v) is 3.17. The highest BCUT2D eigenvalue weighted by molar-refractivity contribution is 7.18. The van der Waals surface area contributed by atoms with Gasteiger partial charge in [0.2, 0.25) is 0 Å². The number of thiazole rings is 1. The molecule has 110 valence electrons. The van der Waals surface area contributed by atoms with Gasteiger partial charge in [-0.05, 0) is 25.1 Å². The Morgan fingerprint density at radius 3 is 2.70 bits per heavy atom. The first-order valence-corrected chi connectivity index (χ1v) is 7.44. The van der Waals surface area contributed by atoms with Gasteiger partial charge in [0.1, 0.15) is 0 Å². The first kappa shape index (κ1) is 15.3. The van der Waals surface area contributed by atoms with Crippen LogP contribution in [0.2, 0.25) is 0 Å². The third-order valence-electron chi connectivity index (χ3n) is 3.03. The molecule has 0 fully saturated rings. The van der Waals surface area contributed by atoms with Crippen LogP contribution in [-0.4, -0.2) is 23.7 Å². The lowest BCUT2D eigenvalue weighted by atomic mass is 10.1. The first-order valence-electron chi connectivity index (χ1n) is 6.62. The van der Waals surface area contributed by atoms with E-state index in [1.165, 1.54) is 0 Å². The maximum atomic E-state index is 12.3. The number of nitrogens with one attached hydrogen (secondary N) is 1. The van der Waals surface area contributed by atoms with Crippen LogP contribution in [0.4, 0.5) is 13.2 Å². The van der Waals surface area contributed by atoms with E-state index < -0.39 is 12.6 Å². The first-order chi connectivity index (χ1) is 9.48. The van der Waals surface area contributed by atoms with Crippen LogP contribution < -0.4 is 5.32 Å². The Morgan fingerprint density at radius 1 is 1.30 bits per heavy atom. The summed E-state index contributed by atoms with van der Waals surface area (Å²) in [5, 5.41) is 4.00. The third-order valence-corrected chi connectivity index (χ3v) is 4.09. The fraction of sp³-hybridized carbons (Fsp3) is 0.500. The Labute approximate surface area is 120 Å². The number of likely N-dealkylation sites (N-methyl/N-ethyl adjacent to an activating group) is 1. The van der Waals surface area contributed by atoms with Gasteiger partial charge in [-0.1, -0.05) is 19.1 Å². The van der Waals surface area contributed by atoms with Gasteiger partial charge in [-0.25, -0.2) is 4.98 Å². The molecule has 1 atom stereocenters. The highest BCUT2D eigenvalue weighted by Gasteiger charge is 2.28. The molecule has 0 aliphatic rings. The van der Waals surface area contributed by atoms with Gasteiger partial charge in [0.25, 0.3) is 0 Å². The molecule has 20 heavy (non-hydrogen) atoms. The van der Waals surface area contributed by atoms with Crippen LogP contribution in [-0.2, 0) is 6.42 Å². The molecule has 6 heteroatoms. The van der Waals surface area contributed by atoms with Gasteiger partial charge in [-0.2, -0.15) is 13.2 Å². The van der Waals surface area contributed by atoms with Crippen LogP contribution in [0.3, 0.4) is 0 Å². The second kappa shape index (κ2) is 6.54. The molecule has 1 unspecified atom stereocenters. The van der Waals surface area contributed by atoms with Crippen molar-refractivity contribution in [1.82, 2.24) is 10.3 Å². The second-order valence-corrected chi connectivity index (χ2v) is 5.80. The molecule has 0 radical (unpaired) electrons. The number of nitrogens with zero attached hydrogens (tertiary/aromatic N) is 1. The predicted octanol–water partition coefficient (Wildman–Crippen LogP) is 4.16. The lowest BCUT2D eigenvalue weighted by molar-refractivity contribution is -0.136. The van der Waals surface area contributed by atoms with Gasteiger partial charge in [0.05, 0.1) is 15.2 Å². The molecule has 0 spiro atoms. The Balaban J connectivity index is 2.03. The van der Waals surface area contributed by atoms with Crippen molar-refractivity contribution >= 4 is 21.6 Å². The van der Waals surface area contributed by atoms with E-state index >= 15 is 0 Å². The maximum absolute atomic E-state index is 12.3. The minimum absolute atomic E-state index is 0.0905. The third kappa shape index (κ3) is 4.45. The molecule has 0 aliphatic heterocycles. The molecule has 1 aromatic heterocycles. The molecule has 0 saturated heterocycles. The number of alkyl halides is 3. The van der Waals surface area contributed by atoms with Crippen molar-refractivity contribution in [3.8, 4) is 0 Å². The summed E-state index contributed by atoms with van der Waals surface area (Å²) < 4.78 is 38.0. The summed E-state index contributed by atoms with van der Waals surface area (Å²) in [5.74, 6) is 0. The molecule has 0 amide bonds. The number of halogens is 3. The van der Waals surface area contributed by atoms with Gasteiger partial charge in [-0.15, -0.1) is 11.3 Å². The lowest BCUT2D eigenvalue weighted by Crippen LogP contribution is -2.32. The van der Waals surface area contributed by atoms with Gasteiger partial charge >= 0.3 is 6.18 Å². The van der Waals surface area contributed by atoms with E-state index in [1.54, 1.807) is 11.3 Å². The van der Waals surface area contributed by atoms with E-state index in [0.717, 1.165) is 15.2 Å².